The number of halogens is 1. The van der Waals surface area contributed by atoms with Crippen molar-refractivity contribution < 1.29 is 9.53 Å². The zero-order valence-electron chi connectivity index (χ0n) is 16.0. The molecule has 3 rings (SSSR count). The van der Waals surface area contributed by atoms with E-state index in [9.17, 15) is 4.79 Å². The van der Waals surface area contributed by atoms with E-state index in [2.05, 4.69) is 23.3 Å². The highest BCUT2D eigenvalue weighted by molar-refractivity contribution is 6.30. The maximum atomic E-state index is 12.6. The minimum absolute atomic E-state index is 0.0189. The minimum atomic E-state index is -0.0189. The van der Waals surface area contributed by atoms with E-state index in [-0.39, 0.29) is 11.9 Å². The molecular formula is C22H27ClN2O2. The summed E-state index contributed by atoms with van der Waals surface area (Å²) in [5.41, 5.74) is 1.86. The van der Waals surface area contributed by atoms with Crippen molar-refractivity contribution in [2.24, 2.45) is 5.92 Å². The zero-order valence-corrected chi connectivity index (χ0v) is 16.7. The third kappa shape index (κ3) is 4.81. The second-order valence-corrected chi connectivity index (χ2v) is 7.65. The van der Waals surface area contributed by atoms with Gasteiger partial charge in [0.1, 0.15) is 0 Å². The van der Waals surface area contributed by atoms with Crippen LogP contribution in [-0.4, -0.2) is 24.0 Å². The number of nitrogens with zero attached hydrogens (tertiary/aromatic N) is 1. The van der Waals surface area contributed by atoms with Crippen molar-refractivity contribution in [2.45, 2.75) is 51.0 Å². The molecule has 27 heavy (non-hydrogen) atoms. The fourth-order valence-corrected chi connectivity index (χ4v) is 4.25. The summed E-state index contributed by atoms with van der Waals surface area (Å²) in [6.07, 6.45) is 7.10. The fourth-order valence-electron chi connectivity index (χ4n) is 4.12. The topological polar surface area (TPSA) is 51.2 Å². The van der Waals surface area contributed by atoms with Gasteiger partial charge >= 0.3 is 0 Å². The molecule has 0 bridgehead atoms. The van der Waals surface area contributed by atoms with Crippen LogP contribution in [0, 0.1) is 5.92 Å². The number of carbonyl (C=O) groups is 1. The average Bonchev–Trinajstić information content (AvgIpc) is 2.72. The van der Waals surface area contributed by atoms with Crippen molar-refractivity contribution in [1.29, 1.82) is 0 Å². The van der Waals surface area contributed by atoms with Crippen LogP contribution in [0.25, 0.3) is 0 Å². The molecule has 1 heterocycles. The summed E-state index contributed by atoms with van der Waals surface area (Å²) in [5.74, 6) is 1.71. The van der Waals surface area contributed by atoms with E-state index in [1.165, 1.54) is 5.56 Å². The molecule has 1 amide bonds. The number of hydrogen-bond acceptors (Lipinski definition) is 3. The Morgan fingerprint density at radius 3 is 2.56 bits per heavy atom. The molecule has 1 aliphatic carbocycles. The first-order valence-electron chi connectivity index (χ1n) is 9.67. The standard InChI is InChI=1S/C22H27ClN2O2/c1-3-20(25-21(26)17-10-12-18(23)13-11-17)16-8-6-15(7-9-16)19-5-4-14-24-22(19)27-2/h4-5,10-16,20H,3,6-9H2,1-2H3,(H,25,26)/t15?,16?,20-/m1/s1. The van der Waals surface area contributed by atoms with E-state index >= 15 is 0 Å². The largest absolute Gasteiger partial charge is 0.481 e. The van der Waals surface area contributed by atoms with E-state index in [0.717, 1.165) is 38.0 Å². The van der Waals surface area contributed by atoms with Gasteiger partial charge in [-0.1, -0.05) is 24.6 Å². The number of pyridine rings is 1. The summed E-state index contributed by atoms with van der Waals surface area (Å²) in [5, 5.41) is 3.87. The molecule has 4 nitrogen and oxygen atoms in total. The lowest BCUT2D eigenvalue weighted by Crippen LogP contribution is -2.41. The number of rotatable bonds is 6. The van der Waals surface area contributed by atoms with E-state index in [4.69, 9.17) is 16.3 Å². The van der Waals surface area contributed by atoms with Gasteiger partial charge in [-0.15, -0.1) is 0 Å². The van der Waals surface area contributed by atoms with Crippen LogP contribution in [0.15, 0.2) is 42.6 Å². The van der Waals surface area contributed by atoms with Gasteiger partial charge in [0.15, 0.2) is 0 Å². The number of hydrogen-bond donors (Lipinski definition) is 1. The summed E-state index contributed by atoms with van der Waals surface area (Å²) in [7, 11) is 1.68. The average molecular weight is 387 g/mol. The van der Waals surface area contributed by atoms with Gasteiger partial charge in [0, 0.05) is 28.4 Å². The maximum Gasteiger partial charge on any atom is 0.251 e. The van der Waals surface area contributed by atoms with Crippen molar-refractivity contribution in [3.63, 3.8) is 0 Å². The highest BCUT2D eigenvalue weighted by Gasteiger charge is 2.29. The number of ether oxygens (including phenoxy) is 1. The Labute approximate surface area is 166 Å². The molecule has 0 radical (unpaired) electrons. The predicted molar refractivity (Wildman–Crippen MR) is 108 cm³/mol. The first-order chi connectivity index (χ1) is 13.1. The van der Waals surface area contributed by atoms with Crippen molar-refractivity contribution in [3.05, 3.63) is 58.7 Å². The molecule has 1 atom stereocenters. The number of nitrogens with one attached hydrogen (secondary N) is 1. The third-order valence-corrected chi connectivity index (χ3v) is 5.89. The van der Waals surface area contributed by atoms with Crippen LogP contribution in [0.5, 0.6) is 5.88 Å². The quantitative estimate of drug-likeness (QED) is 0.739. The lowest BCUT2D eigenvalue weighted by Gasteiger charge is -2.34. The molecule has 0 unspecified atom stereocenters. The predicted octanol–water partition coefficient (Wildman–Crippen LogP) is 5.23. The molecule has 1 N–H and O–H groups in total. The first kappa shape index (κ1) is 19.7. The normalized spacial score (nSPS) is 20.7. The Kier molecular flexibility index (Phi) is 6.73. The van der Waals surface area contributed by atoms with Crippen molar-refractivity contribution in [2.75, 3.05) is 7.11 Å². The molecule has 2 aromatic rings. The van der Waals surface area contributed by atoms with Gasteiger partial charge in [-0.05, 0) is 74.3 Å². The number of benzene rings is 1. The van der Waals surface area contributed by atoms with Crippen LogP contribution in [0.3, 0.4) is 0 Å². The second kappa shape index (κ2) is 9.23. The van der Waals surface area contributed by atoms with Gasteiger partial charge in [-0.25, -0.2) is 4.98 Å². The molecule has 0 spiro atoms. The minimum Gasteiger partial charge on any atom is -0.481 e. The number of aromatic nitrogens is 1. The maximum absolute atomic E-state index is 12.6. The first-order valence-corrected chi connectivity index (χ1v) is 10.1. The summed E-state index contributed by atoms with van der Waals surface area (Å²) in [6, 6.07) is 11.4. The SMILES string of the molecule is CC[C@@H](NC(=O)c1ccc(Cl)cc1)C1CCC(c2cccnc2OC)CC1. The van der Waals surface area contributed by atoms with Crippen molar-refractivity contribution in [1.82, 2.24) is 10.3 Å². The van der Waals surface area contributed by atoms with Crippen LogP contribution < -0.4 is 10.1 Å². The summed E-state index contributed by atoms with van der Waals surface area (Å²) in [6.45, 7) is 2.14. The Hall–Kier alpha value is -2.07. The highest BCUT2D eigenvalue weighted by atomic mass is 35.5. The Morgan fingerprint density at radius 2 is 1.93 bits per heavy atom. The Morgan fingerprint density at radius 1 is 1.22 bits per heavy atom. The molecule has 144 valence electrons. The van der Waals surface area contributed by atoms with Gasteiger partial charge < -0.3 is 10.1 Å². The molecule has 1 aliphatic rings. The third-order valence-electron chi connectivity index (χ3n) is 5.64. The molecule has 1 saturated carbocycles. The van der Waals surface area contributed by atoms with Crippen LogP contribution in [0.2, 0.25) is 5.02 Å². The summed E-state index contributed by atoms with van der Waals surface area (Å²) >= 11 is 5.91. The van der Waals surface area contributed by atoms with Gasteiger partial charge in [-0.2, -0.15) is 0 Å². The number of carbonyl (C=O) groups excluding carboxylic acids is 1. The fraction of sp³-hybridized carbons (Fsp3) is 0.455. The zero-order chi connectivity index (χ0) is 19.2. The van der Waals surface area contributed by atoms with Gasteiger partial charge in [-0.3, -0.25) is 4.79 Å². The molecule has 0 aliphatic heterocycles. The van der Waals surface area contributed by atoms with Crippen LogP contribution >= 0.6 is 11.6 Å². The molecule has 1 aromatic heterocycles. The number of amides is 1. The second-order valence-electron chi connectivity index (χ2n) is 7.21. The van der Waals surface area contributed by atoms with Crippen LogP contribution in [0.1, 0.15) is 60.9 Å². The van der Waals surface area contributed by atoms with E-state index in [1.807, 2.05) is 6.07 Å². The summed E-state index contributed by atoms with van der Waals surface area (Å²) in [4.78, 5) is 16.9. The monoisotopic (exact) mass is 386 g/mol. The highest BCUT2D eigenvalue weighted by Crippen LogP contribution is 2.40. The van der Waals surface area contributed by atoms with Gasteiger partial charge in [0.2, 0.25) is 5.88 Å². The van der Waals surface area contributed by atoms with Crippen LogP contribution in [0.4, 0.5) is 0 Å². The molecular weight excluding hydrogens is 360 g/mol. The Bertz CT molecular complexity index is 755. The molecule has 1 aromatic carbocycles. The van der Waals surface area contributed by atoms with Crippen molar-refractivity contribution in [3.8, 4) is 5.88 Å². The number of methoxy groups -OCH3 is 1. The lowest BCUT2D eigenvalue weighted by atomic mass is 9.75. The molecule has 1 fully saturated rings. The lowest BCUT2D eigenvalue weighted by molar-refractivity contribution is 0.0909. The van der Waals surface area contributed by atoms with E-state index in [0.29, 0.717) is 22.4 Å². The molecule has 5 heteroatoms. The van der Waals surface area contributed by atoms with E-state index < -0.39 is 0 Å². The van der Waals surface area contributed by atoms with Gasteiger partial charge in [0.05, 0.1) is 7.11 Å². The van der Waals surface area contributed by atoms with Crippen LogP contribution in [-0.2, 0) is 0 Å². The van der Waals surface area contributed by atoms with Gasteiger partial charge in [0.25, 0.3) is 5.91 Å². The van der Waals surface area contributed by atoms with E-state index in [1.54, 1.807) is 37.6 Å². The summed E-state index contributed by atoms with van der Waals surface area (Å²) < 4.78 is 5.43. The Balaban J connectivity index is 1.60. The smallest absolute Gasteiger partial charge is 0.251 e. The molecule has 0 saturated heterocycles. The van der Waals surface area contributed by atoms with Crippen molar-refractivity contribution >= 4 is 17.5 Å².